The van der Waals surface area contributed by atoms with Crippen molar-refractivity contribution >= 4 is 22.7 Å². The number of aromatic nitrogens is 2. The lowest BCUT2D eigenvalue weighted by Gasteiger charge is -2.21. The zero-order valence-corrected chi connectivity index (χ0v) is 12.8. The highest BCUT2D eigenvalue weighted by atomic mass is 32.2. The molecule has 1 fully saturated rings. The van der Waals surface area contributed by atoms with Crippen molar-refractivity contribution in [3.05, 3.63) is 39.7 Å². The molecule has 0 unspecified atom stereocenters. The lowest BCUT2D eigenvalue weighted by Crippen LogP contribution is -2.18. The third-order valence-electron chi connectivity index (χ3n) is 3.70. The predicted octanol–water partition coefficient (Wildman–Crippen LogP) is 1.97. The van der Waals surface area contributed by atoms with E-state index >= 15 is 0 Å². The second-order valence-electron chi connectivity index (χ2n) is 5.25. The zero-order chi connectivity index (χ0) is 15.5. The molecule has 2 aromatic rings. The van der Waals surface area contributed by atoms with Gasteiger partial charge in [0, 0.05) is 24.5 Å². The number of rotatable bonds is 4. The van der Waals surface area contributed by atoms with E-state index in [1.54, 1.807) is 11.8 Å². The summed E-state index contributed by atoms with van der Waals surface area (Å²) in [4.78, 5) is 19.2. The number of hydrogen-bond donors (Lipinski definition) is 2. The summed E-state index contributed by atoms with van der Waals surface area (Å²) in [5.74, 6) is 0.599. The Morgan fingerprint density at radius 2 is 2.18 bits per heavy atom. The maximum Gasteiger partial charge on any atom is 0.259 e. The SMILES string of the molecule is O=c1[nH]c(CSC2CCOCC2)nc2cc(F)cc(CO)c12. The summed E-state index contributed by atoms with van der Waals surface area (Å²) >= 11 is 1.73. The molecule has 2 heterocycles. The molecule has 0 atom stereocenters. The summed E-state index contributed by atoms with van der Waals surface area (Å²) < 4.78 is 18.9. The predicted molar refractivity (Wildman–Crippen MR) is 83.4 cm³/mol. The summed E-state index contributed by atoms with van der Waals surface area (Å²) in [7, 11) is 0. The van der Waals surface area contributed by atoms with Crippen molar-refractivity contribution in [3.63, 3.8) is 0 Å². The number of H-pyrrole nitrogens is 1. The molecule has 0 saturated carbocycles. The number of thioether (sulfide) groups is 1. The maximum atomic E-state index is 13.5. The highest BCUT2D eigenvalue weighted by molar-refractivity contribution is 7.99. The van der Waals surface area contributed by atoms with Crippen LogP contribution in [0.5, 0.6) is 0 Å². The summed E-state index contributed by atoms with van der Waals surface area (Å²) in [6, 6.07) is 2.39. The van der Waals surface area contributed by atoms with E-state index in [1.165, 1.54) is 6.07 Å². The molecule has 0 spiro atoms. The highest BCUT2D eigenvalue weighted by Gasteiger charge is 2.16. The number of aliphatic hydroxyl groups excluding tert-OH is 1. The van der Waals surface area contributed by atoms with Crippen LogP contribution in [0.25, 0.3) is 10.9 Å². The van der Waals surface area contributed by atoms with Gasteiger partial charge in [-0.25, -0.2) is 9.37 Å². The number of fused-ring (bicyclic) bond motifs is 1. The Balaban J connectivity index is 1.86. The van der Waals surface area contributed by atoms with Crippen molar-refractivity contribution in [1.29, 1.82) is 0 Å². The number of aliphatic hydroxyl groups is 1. The normalized spacial score (nSPS) is 16.3. The van der Waals surface area contributed by atoms with Crippen LogP contribution < -0.4 is 5.56 Å². The van der Waals surface area contributed by atoms with Gasteiger partial charge in [0.05, 0.1) is 23.3 Å². The van der Waals surface area contributed by atoms with Crippen molar-refractivity contribution in [3.8, 4) is 0 Å². The second kappa shape index (κ2) is 6.76. The fraction of sp³-hybridized carbons (Fsp3) is 0.467. The molecule has 2 N–H and O–H groups in total. The molecule has 1 aromatic carbocycles. The van der Waals surface area contributed by atoms with E-state index in [2.05, 4.69) is 9.97 Å². The summed E-state index contributed by atoms with van der Waals surface area (Å²) in [5.41, 5.74) is 0.208. The van der Waals surface area contributed by atoms with Gasteiger partial charge in [-0.1, -0.05) is 0 Å². The van der Waals surface area contributed by atoms with Gasteiger partial charge in [-0.3, -0.25) is 4.79 Å². The molecule has 5 nitrogen and oxygen atoms in total. The third-order valence-corrected chi connectivity index (χ3v) is 5.08. The molecule has 118 valence electrons. The van der Waals surface area contributed by atoms with Gasteiger partial charge in [-0.15, -0.1) is 0 Å². The van der Waals surface area contributed by atoms with Gasteiger partial charge < -0.3 is 14.8 Å². The minimum Gasteiger partial charge on any atom is -0.392 e. The Morgan fingerprint density at radius 3 is 2.91 bits per heavy atom. The maximum absolute atomic E-state index is 13.5. The van der Waals surface area contributed by atoms with Gasteiger partial charge in [0.2, 0.25) is 0 Å². The van der Waals surface area contributed by atoms with E-state index in [1.807, 2.05) is 0 Å². The van der Waals surface area contributed by atoms with Crippen molar-refractivity contribution < 1.29 is 14.2 Å². The van der Waals surface area contributed by atoms with E-state index in [4.69, 9.17) is 4.74 Å². The molecule has 1 aromatic heterocycles. The summed E-state index contributed by atoms with van der Waals surface area (Å²) in [6.45, 7) is 1.14. The van der Waals surface area contributed by atoms with Crippen LogP contribution in [0.3, 0.4) is 0 Å². The Bertz CT molecular complexity index is 729. The van der Waals surface area contributed by atoms with Gasteiger partial charge >= 0.3 is 0 Å². The summed E-state index contributed by atoms with van der Waals surface area (Å²) in [5, 5.41) is 10.0. The highest BCUT2D eigenvalue weighted by Crippen LogP contribution is 2.25. The van der Waals surface area contributed by atoms with Crippen LogP contribution in [0.4, 0.5) is 4.39 Å². The first-order chi connectivity index (χ1) is 10.7. The second-order valence-corrected chi connectivity index (χ2v) is 6.54. The van der Waals surface area contributed by atoms with Crippen molar-refractivity contribution in [2.24, 2.45) is 0 Å². The fourth-order valence-corrected chi connectivity index (χ4v) is 3.65. The molecular weight excluding hydrogens is 307 g/mol. The lowest BCUT2D eigenvalue weighted by atomic mass is 10.1. The Labute approximate surface area is 130 Å². The van der Waals surface area contributed by atoms with Crippen LogP contribution in [0.1, 0.15) is 24.2 Å². The molecule has 1 aliphatic heterocycles. The fourth-order valence-electron chi connectivity index (χ4n) is 2.60. The molecule has 22 heavy (non-hydrogen) atoms. The summed E-state index contributed by atoms with van der Waals surface area (Å²) in [6.07, 6.45) is 1.98. The minimum atomic E-state index is -0.502. The third kappa shape index (κ3) is 3.31. The van der Waals surface area contributed by atoms with Gasteiger partial charge in [0.25, 0.3) is 5.56 Å². The van der Waals surface area contributed by atoms with Gasteiger partial charge in [0.15, 0.2) is 0 Å². The monoisotopic (exact) mass is 324 g/mol. The standard InChI is InChI=1S/C15H17FN2O3S/c16-10-5-9(7-19)14-12(6-10)17-13(18-15(14)20)8-22-11-1-3-21-4-2-11/h5-6,11,19H,1-4,7-8H2,(H,17,18,20). The zero-order valence-electron chi connectivity index (χ0n) is 12.0. The Kier molecular flexibility index (Phi) is 4.75. The van der Waals surface area contributed by atoms with Crippen molar-refractivity contribution in [2.75, 3.05) is 13.2 Å². The number of nitrogens with zero attached hydrogens (tertiary/aromatic N) is 1. The molecule has 0 bridgehead atoms. The van der Waals surface area contributed by atoms with Crippen LogP contribution in [-0.2, 0) is 17.1 Å². The van der Waals surface area contributed by atoms with Gasteiger partial charge in [-0.05, 0) is 24.5 Å². The quantitative estimate of drug-likeness (QED) is 0.899. The van der Waals surface area contributed by atoms with Crippen LogP contribution in [0, 0.1) is 5.82 Å². The van der Waals surface area contributed by atoms with E-state index in [0.29, 0.717) is 16.8 Å². The van der Waals surface area contributed by atoms with E-state index in [-0.39, 0.29) is 22.0 Å². The van der Waals surface area contributed by atoms with E-state index in [9.17, 15) is 14.3 Å². The molecule has 0 radical (unpaired) electrons. The number of benzene rings is 1. The lowest BCUT2D eigenvalue weighted by molar-refractivity contribution is 0.1000. The Hall–Kier alpha value is -1.44. The van der Waals surface area contributed by atoms with Gasteiger partial charge in [0.1, 0.15) is 11.6 Å². The smallest absolute Gasteiger partial charge is 0.259 e. The first kappa shape index (κ1) is 15.5. The average Bonchev–Trinajstić information content (AvgIpc) is 2.52. The number of ether oxygens (including phenoxy) is 1. The number of nitrogens with one attached hydrogen (secondary N) is 1. The molecule has 3 rings (SSSR count). The minimum absolute atomic E-state index is 0.253. The molecule has 7 heteroatoms. The largest absolute Gasteiger partial charge is 0.392 e. The van der Waals surface area contributed by atoms with Crippen LogP contribution in [0.2, 0.25) is 0 Å². The van der Waals surface area contributed by atoms with Crippen LogP contribution in [0.15, 0.2) is 16.9 Å². The van der Waals surface area contributed by atoms with E-state index in [0.717, 1.165) is 32.1 Å². The van der Waals surface area contributed by atoms with Gasteiger partial charge in [-0.2, -0.15) is 11.8 Å². The molecule has 0 amide bonds. The average molecular weight is 324 g/mol. The first-order valence-corrected chi connectivity index (χ1v) is 8.24. The van der Waals surface area contributed by atoms with Crippen LogP contribution in [-0.4, -0.2) is 33.5 Å². The Morgan fingerprint density at radius 1 is 1.41 bits per heavy atom. The topological polar surface area (TPSA) is 75.2 Å². The molecule has 1 saturated heterocycles. The van der Waals surface area contributed by atoms with Crippen LogP contribution >= 0.6 is 11.8 Å². The van der Waals surface area contributed by atoms with Crippen molar-refractivity contribution in [1.82, 2.24) is 9.97 Å². The molecule has 0 aliphatic carbocycles. The molecular formula is C15H17FN2O3S. The van der Waals surface area contributed by atoms with Crippen molar-refractivity contribution in [2.45, 2.75) is 30.5 Å². The number of hydrogen-bond acceptors (Lipinski definition) is 5. The first-order valence-electron chi connectivity index (χ1n) is 7.19. The number of halogens is 1. The number of aromatic amines is 1. The molecule has 1 aliphatic rings. The van der Waals surface area contributed by atoms with E-state index < -0.39 is 12.4 Å².